The Morgan fingerprint density at radius 2 is 1.78 bits per heavy atom. The smallest absolute Gasteiger partial charge is 0.202 e. The number of aromatic nitrogens is 1. The van der Waals surface area contributed by atoms with Crippen LogP contribution in [0.5, 0.6) is 5.75 Å². The quantitative estimate of drug-likeness (QED) is 0.523. The number of furan rings is 1. The van der Waals surface area contributed by atoms with Gasteiger partial charge in [-0.05, 0) is 31.2 Å². The van der Waals surface area contributed by atoms with Crippen LogP contribution < -0.4 is 4.74 Å². The summed E-state index contributed by atoms with van der Waals surface area (Å²) in [5.74, 6) is 2.06. The molecule has 23 heavy (non-hydrogen) atoms. The number of nitrogens with zero attached hydrogens (tertiary/aromatic N) is 1. The van der Waals surface area contributed by atoms with Crippen molar-refractivity contribution in [3.63, 3.8) is 0 Å². The summed E-state index contributed by atoms with van der Waals surface area (Å²) >= 11 is 0. The van der Waals surface area contributed by atoms with Crippen molar-refractivity contribution in [2.24, 2.45) is 0 Å². The van der Waals surface area contributed by atoms with Crippen LogP contribution in [0, 0.1) is 0 Å². The van der Waals surface area contributed by atoms with Crippen molar-refractivity contribution in [2.75, 3.05) is 6.61 Å². The number of rotatable bonds is 4. The maximum absolute atomic E-state index is 5.82. The molecule has 4 heteroatoms. The Labute approximate surface area is 133 Å². The molecule has 0 aliphatic carbocycles. The van der Waals surface area contributed by atoms with Crippen LogP contribution in [0.2, 0.25) is 0 Å². The van der Waals surface area contributed by atoms with E-state index in [-0.39, 0.29) is 0 Å². The summed E-state index contributed by atoms with van der Waals surface area (Å²) in [5.41, 5.74) is 2.46. The Bertz CT molecular complexity index is 919. The molecule has 2 heterocycles. The second kappa shape index (κ2) is 5.65. The van der Waals surface area contributed by atoms with Gasteiger partial charge in [0.15, 0.2) is 5.76 Å². The van der Waals surface area contributed by atoms with Crippen LogP contribution >= 0.6 is 0 Å². The number of benzene rings is 2. The van der Waals surface area contributed by atoms with Gasteiger partial charge in [0.25, 0.3) is 0 Å². The number of fused-ring (bicyclic) bond motifs is 1. The summed E-state index contributed by atoms with van der Waals surface area (Å²) in [7, 11) is 0. The van der Waals surface area contributed by atoms with Gasteiger partial charge in [-0.1, -0.05) is 35.5 Å². The van der Waals surface area contributed by atoms with Crippen LogP contribution in [0.25, 0.3) is 33.7 Å². The molecule has 114 valence electrons. The second-order valence-corrected chi connectivity index (χ2v) is 5.15. The molecule has 0 radical (unpaired) electrons. The molecule has 0 amide bonds. The Morgan fingerprint density at radius 3 is 2.65 bits per heavy atom. The molecule has 2 aromatic carbocycles. The first-order valence-corrected chi connectivity index (χ1v) is 7.53. The van der Waals surface area contributed by atoms with E-state index in [0.29, 0.717) is 18.1 Å². The average Bonchev–Trinajstić information content (AvgIpc) is 3.22. The van der Waals surface area contributed by atoms with Crippen molar-refractivity contribution in [1.29, 1.82) is 0 Å². The number of hydrogen-bond donors (Lipinski definition) is 0. The van der Waals surface area contributed by atoms with Gasteiger partial charge in [0.05, 0.1) is 6.61 Å². The van der Waals surface area contributed by atoms with E-state index in [1.807, 2.05) is 67.6 Å². The predicted molar refractivity (Wildman–Crippen MR) is 88.3 cm³/mol. The molecule has 0 saturated carbocycles. The zero-order valence-corrected chi connectivity index (χ0v) is 12.7. The van der Waals surface area contributed by atoms with Crippen LogP contribution in [0.3, 0.4) is 0 Å². The van der Waals surface area contributed by atoms with Crippen LogP contribution in [-0.2, 0) is 0 Å². The number of para-hydroxylation sites is 2. The maximum atomic E-state index is 5.82. The summed E-state index contributed by atoms with van der Waals surface area (Å²) in [4.78, 5) is 0. The third-order valence-corrected chi connectivity index (χ3v) is 3.64. The lowest BCUT2D eigenvalue weighted by Crippen LogP contribution is -1.93. The summed E-state index contributed by atoms with van der Waals surface area (Å²) in [5, 5.41) is 5.20. The van der Waals surface area contributed by atoms with Crippen molar-refractivity contribution >= 4 is 11.0 Å². The van der Waals surface area contributed by atoms with E-state index in [9.17, 15) is 0 Å². The third kappa shape index (κ3) is 2.48. The van der Waals surface area contributed by atoms with Crippen molar-refractivity contribution in [3.05, 3.63) is 60.7 Å². The van der Waals surface area contributed by atoms with Gasteiger partial charge in [0, 0.05) is 17.0 Å². The fourth-order valence-corrected chi connectivity index (χ4v) is 2.58. The van der Waals surface area contributed by atoms with E-state index in [0.717, 1.165) is 28.0 Å². The maximum Gasteiger partial charge on any atom is 0.202 e. The van der Waals surface area contributed by atoms with Crippen LogP contribution in [0.1, 0.15) is 6.92 Å². The van der Waals surface area contributed by atoms with Gasteiger partial charge in [0.1, 0.15) is 17.0 Å². The van der Waals surface area contributed by atoms with Gasteiger partial charge in [-0.25, -0.2) is 0 Å². The van der Waals surface area contributed by atoms with Crippen LogP contribution in [0.4, 0.5) is 0 Å². The highest BCUT2D eigenvalue weighted by Gasteiger charge is 2.15. The molecular formula is C19H15NO3. The Morgan fingerprint density at radius 1 is 0.957 bits per heavy atom. The molecule has 2 aromatic heterocycles. The average molecular weight is 305 g/mol. The van der Waals surface area contributed by atoms with Crippen molar-refractivity contribution < 1.29 is 13.7 Å². The van der Waals surface area contributed by atoms with Crippen LogP contribution in [0.15, 0.2) is 69.6 Å². The minimum atomic E-state index is 0.600. The van der Waals surface area contributed by atoms with E-state index in [4.69, 9.17) is 13.7 Å². The normalized spacial score (nSPS) is 11.0. The molecule has 0 bridgehead atoms. The van der Waals surface area contributed by atoms with E-state index in [2.05, 4.69) is 5.16 Å². The third-order valence-electron chi connectivity index (χ3n) is 3.64. The van der Waals surface area contributed by atoms with Gasteiger partial charge in [0.2, 0.25) is 5.76 Å². The zero-order valence-electron chi connectivity index (χ0n) is 12.7. The van der Waals surface area contributed by atoms with Crippen molar-refractivity contribution in [2.45, 2.75) is 6.92 Å². The van der Waals surface area contributed by atoms with E-state index in [1.54, 1.807) is 0 Å². The lowest BCUT2D eigenvalue weighted by atomic mass is 10.1. The zero-order chi connectivity index (χ0) is 15.6. The SMILES string of the molecule is CCOc1ccccc1-c1cc(-c2cc3ccccc3o2)on1. The van der Waals surface area contributed by atoms with E-state index >= 15 is 0 Å². The summed E-state index contributed by atoms with van der Waals surface area (Å²) < 4.78 is 16.9. The monoisotopic (exact) mass is 305 g/mol. The van der Waals surface area contributed by atoms with Crippen molar-refractivity contribution in [3.8, 4) is 28.5 Å². The molecule has 4 nitrogen and oxygen atoms in total. The molecule has 0 aliphatic rings. The Kier molecular flexibility index (Phi) is 3.35. The summed E-state index contributed by atoms with van der Waals surface area (Å²) in [6.45, 7) is 2.56. The molecule has 0 spiro atoms. The van der Waals surface area contributed by atoms with Gasteiger partial charge < -0.3 is 13.7 Å². The van der Waals surface area contributed by atoms with Gasteiger partial charge >= 0.3 is 0 Å². The predicted octanol–water partition coefficient (Wildman–Crippen LogP) is 5.15. The lowest BCUT2D eigenvalue weighted by molar-refractivity contribution is 0.341. The Hall–Kier alpha value is -3.01. The van der Waals surface area contributed by atoms with Gasteiger partial charge in [-0.3, -0.25) is 0 Å². The molecule has 4 rings (SSSR count). The largest absolute Gasteiger partial charge is 0.493 e. The topological polar surface area (TPSA) is 48.4 Å². The standard InChI is InChI=1S/C19H15NO3/c1-2-21-17-10-6-4-8-14(17)15-12-19(23-20-15)18-11-13-7-3-5-9-16(13)22-18/h3-12H,2H2,1H3. The molecule has 0 N–H and O–H groups in total. The molecular weight excluding hydrogens is 290 g/mol. The second-order valence-electron chi connectivity index (χ2n) is 5.15. The molecule has 0 unspecified atom stereocenters. The first-order valence-electron chi connectivity index (χ1n) is 7.53. The highest BCUT2D eigenvalue weighted by atomic mass is 16.5. The summed E-state index contributed by atoms with van der Waals surface area (Å²) in [6.07, 6.45) is 0. The minimum Gasteiger partial charge on any atom is -0.493 e. The summed E-state index contributed by atoms with van der Waals surface area (Å²) in [6, 6.07) is 19.5. The fraction of sp³-hybridized carbons (Fsp3) is 0.105. The number of ether oxygens (including phenoxy) is 1. The van der Waals surface area contributed by atoms with Gasteiger partial charge in [-0.2, -0.15) is 0 Å². The molecule has 0 aliphatic heterocycles. The lowest BCUT2D eigenvalue weighted by Gasteiger charge is -2.06. The Balaban J connectivity index is 1.74. The van der Waals surface area contributed by atoms with Gasteiger partial charge in [-0.15, -0.1) is 0 Å². The first kappa shape index (κ1) is 13.6. The highest BCUT2D eigenvalue weighted by molar-refractivity contribution is 5.82. The van der Waals surface area contributed by atoms with E-state index < -0.39 is 0 Å². The number of hydrogen-bond acceptors (Lipinski definition) is 4. The first-order chi connectivity index (χ1) is 11.3. The van der Waals surface area contributed by atoms with Crippen LogP contribution in [-0.4, -0.2) is 11.8 Å². The molecule has 4 aromatic rings. The molecule has 0 saturated heterocycles. The molecule has 0 atom stereocenters. The molecule has 0 fully saturated rings. The van der Waals surface area contributed by atoms with Crippen molar-refractivity contribution in [1.82, 2.24) is 5.16 Å². The van der Waals surface area contributed by atoms with E-state index in [1.165, 1.54) is 0 Å². The minimum absolute atomic E-state index is 0.600. The fourth-order valence-electron chi connectivity index (χ4n) is 2.58. The highest BCUT2D eigenvalue weighted by Crippen LogP contribution is 2.34.